The van der Waals surface area contributed by atoms with E-state index in [0.717, 1.165) is 24.3 Å². The number of nitrogens with two attached hydrogens (primary N) is 1. The van der Waals surface area contributed by atoms with Crippen LogP contribution in [0.4, 0.5) is 0 Å². The van der Waals surface area contributed by atoms with Crippen LogP contribution in [0.15, 0.2) is 24.3 Å². The molecule has 3 nitrogen and oxygen atoms in total. The predicted molar refractivity (Wildman–Crippen MR) is 61.0 cm³/mol. The van der Waals surface area contributed by atoms with E-state index in [2.05, 4.69) is 6.92 Å². The molecule has 0 spiro atoms. The topological polar surface area (TPSA) is 44.5 Å². The number of ether oxygens (including phenoxy) is 2. The lowest BCUT2D eigenvalue weighted by molar-refractivity contribution is 0.181. The van der Waals surface area contributed by atoms with Crippen LogP contribution in [-0.2, 0) is 4.74 Å². The van der Waals surface area contributed by atoms with Crippen LogP contribution in [-0.4, -0.2) is 20.3 Å². The Morgan fingerprint density at radius 2 is 2.20 bits per heavy atom. The zero-order valence-electron chi connectivity index (χ0n) is 9.40. The summed E-state index contributed by atoms with van der Waals surface area (Å²) in [5, 5.41) is 0. The van der Waals surface area contributed by atoms with Crippen LogP contribution >= 0.6 is 0 Å². The standard InChI is InChI=1S/C12H19NO2/c1-3-7-15-11-6-4-5-10(8-11)12(13)9-14-2/h4-6,8,12H,3,7,9,13H2,1-2H3. The van der Waals surface area contributed by atoms with Gasteiger partial charge in [-0.2, -0.15) is 0 Å². The van der Waals surface area contributed by atoms with Crippen molar-refractivity contribution in [2.45, 2.75) is 19.4 Å². The molecule has 84 valence electrons. The molecular weight excluding hydrogens is 190 g/mol. The van der Waals surface area contributed by atoms with Gasteiger partial charge >= 0.3 is 0 Å². The van der Waals surface area contributed by atoms with Crippen LogP contribution in [0.25, 0.3) is 0 Å². The molecule has 0 aliphatic carbocycles. The van der Waals surface area contributed by atoms with Gasteiger partial charge in [0.1, 0.15) is 5.75 Å². The molecule has 15 heavy (non-hydrogen) atoms. The molecule has 3 heteroatoms. The highest BCUT2D eigenvalue weighted by Crippen LogP contribution is 2.18. The molecule has 1 atom stereocenters. The fraction of sp³-hybridized carbons (Fsp3) is 0.500. The maximum absolute atomic E-state index is 5.92. The first-order valence-corrected chi connectivity index (χ1v) is 5.25. The van der Waals surface area contributed by atoms with E-state index in [1.165, 1.54) is 0 Å². The van der Waals surface area contributed by atoms with Gasteiger partial charge in [0.15, 0.2) is 0 Å². The molecule has 2 N–H and O–H groups in total. The third kappa shape index (κ3) is 3.90. The number of hydrogen-bond donors (Lipinski definition) is 1. The van der Waals surface area contributed by atoms with E-state index >= 15 is 0 Å². The zero-order valence-corrected chi connectivity index (χ0v) is 9.40. The molecule has 0 aliphatic heterocycles. The Morgan fingerprint density at radius 1 is 1.40 bits per heavy atom. The van der Waals surface area contributed by atoms with Crippen molar-refractivity contribution in [3.63, 3.8) is 0 Å². The number of hydrogen-bond acceptors (Lipinski definition) is 3. The van der Waals surface area contributed by atoms with Crippen molar-refractivity contribution in [1.82, 2.24) is 0 Å². The van der Waals surface area contributed by atoms with E-state index < -0.39 is 0 Å². The maximum atomic E-state index is 5.92. The summed E-state index contributed by atoms with van der Waals surface area (Å²) >= 11 is 0. The van der Waals surface area contributed by atoms with Gasteiger partial charge in [-0.3, -0.25) is 0 Å². The lowest BCUT2D eigenvalue weighted by atomic mass is 10.1. The fourth-order valence-corrected chi connectivity index (χ4v) is 1.33. The van der Waals surface area contributed by atoms with Crippen LogP contribution in [0.5, 0.6) is 5.75 Å². The van der Waals surface area contributed by atoms with Crippen LogP contribution in [0, 0.1) is 0 Å². The minimum absolute atomic E-state index is 0.0832. The molecule has 0 fully saturated rings. The monoisotopic (exact) mass is 209 g/mol. The highest BCUT2D eigenvalue weighted by atomic mass is 16.5. The van der Waals surface area contributed by atoms with E-state index in [9.17, 15) is 0 Å². The van der Waals surface area contributed by atoms with E-state index in [4.69, 9.17) is 15.2 Å². The second-order valence-corrected chi connectivity index (χ2v) is 3.48. The van der Waals surface area contributed by atoms with Crippen molar-refractivity contribution in [3.8, 4) is 5.75 Å². The first-order valence-electron chi connectivity index (χ1n) is 5.25. The third-order valence-electron chi connectivity index (χ3n) is 2.11. The average molecular weight is 209 g/mol. The average Bonchev–Trinajstić information content (AvgIpc) is 2.27. The minimum Gasteiger partial charge on any atom is -0.494 e. The number of rotatable bonds is 6. The van der Waals surface area contributed by atoms with E-state index in [1.54, 1.807) is 7.11 Å². The van der Waals surface area contributed by atoms with Gasteiger partial charge in [-0.1, -0.05) is 19.1 Å². The smallest absolute Gasteiger partial charge is 0.119 e. The van der Waals surface area contributed by atoms with Gasteiger partial charge in [-0.05, 0) is 24.1 Å². The summed E-state index contributed by atoms with van der Waals surface area (Å²) in [4.78, 5) is 0. The number of methoxy groups -OCH3 is 1. The van der Waals surface area contributed by atoms with Gasteiger partial charge in [0, 0.05) is 7.11 Å². The summed E-state index contributed by atoms with van der Waals surface area (Å²) < 4.78 is 10.5. The quantitative estimate of drug-likeness (QED) is 0.780. The van der Waals surface area contributed by atoms with E-state index in [1.807, 2.05) is 24.3 Å². The first kappa shape index (κ1) is 12.0. The highest BCUT2D eigenvalue weighted by Gasteiger charge is 2.05. The molecule has 0 saturated heterocycles. The van der Waals surface area contributed by atoms with Crippen molar-refractivity contribution in [2.75, 3.05) is 20.3 Å². The summed E-state index contributed by atoms with van der Waals surface area (Å²) in [6.07, 6.45) is 1.01. The fourth-order valence-electron chi connectivity index (χ4n) is 1.33. The molecule has 0 aliphatic rings. The second-order valence-electron chi connectivity index (χ2n) is 3.48. The Kier molecular flexibility index (Phi) is 5.15. The Hall–Kier alpha value is -1.06. The van der Waals surface area contributed by atoms with Gasteiger partial charge in [0.25, 0.3) is 0 Å². The molecule has 0 bridgehead atoms. The lowest BCUT2D eigenvalue weighted by Crippen LogP contribution is -2.16. The molecule has 1 aromatic carbocycles. The van der Waals surface area contributed by atoms with E-state index in [-0.39, 0.29) is 6.04 Å². The zero-order chi connectivity index (χ0) is 11.1. The first-order chi connectivity index (χ1) is 7.27. The van der Waals surface area contributed by atoms with Crippen molar-refractivity contribution >= 4 is 0 Å². The normalized spacial score (nSPS) is 12.5. The lowest BCUT2D eigenvalue weighted by Gasteiger charge is -2.12. The molecule has 0 heterocycles. The summed E-state index contributed by atoms with van der Waals surface area (Å²) in [6, 6.07) is 7.77. The van der Waals surface area contributed by atoms with Crippen molar-refractivity contribution in [3.05, 3.63) is 29.8 Å². The maximum Gasteiger partial charge on any atom is 0.119 e. The second kappa shape index (κ2) is 6.43. The summed E-state index contributed by atoms with van der Waals surface area (Å²) in [5.41, 5.74) is 6.97. The predicted octanol–water partition coefficient (Wildman–Crippen LogP) is 2.12. The highest BCUT2D eigenvalue weighted by molar-refractivity contribution is 5.30. The Bertz CT molecular complexity index is 289. The summed E-state index contributed by atoms with van der Waals surface area (Å²) in [5.74, 6) is 0.876. The molecule has 0 aromatic heterocycles. The van der Waals surface area contributed by atoms with Gasteiger partial charge in [0.2, 0.25) is 0 Å². The molecule has 0 saturated carbocycles. The molecular formula is C12H19NO2. The van der Waals surface area contributed by atoms with Gasteiger partial charge in [-0.25, -0.2) is 0 Å². The summed E-state index contributed by atoms with van der Waals surface area (Å²) in [7, 11) is 1.65. The van der Waals surface area contributed by atoms with Crippen LogP contribution in [0.2, 0.25) is 0 Å². The largest absolute Gasteiger partial charge is 0.494 e. The van der Waals surface area contributed by atoms with Gasteiger partial charge in [-0.15, -0.1) is 0 Å². The molecule has 0 amide bonds. The van der Waals surface area contributed by atoms with Gasteiger partial charge < -0.3 is 15.2 Å². The minimum atomic E-state index is -0.0832. The van der Waals surface area contributed by atoms with Crippen molar-refractivity contribution in [2.24, 2.45) is 5.73 Å². The molecule has 1 rings (SSSR count). The number of benzene rings is 1. The van der Waals surface area contributed by atoms with Crippen molar-refractivity contribution < 1.29 is 9.47 Å². The van der Waals surface area contributed by atoms with Crippen LogP contribution in [0.1, 0.15) is 24.9 Å². The van der Waals surface area contributed by atoms with Crippen LogP contribution < -0.4 is 10.5 Å². The molecule has 0 radical (unpaired) electrons. The summed E-state index contributed by atoms with van der Waals surface area (Å²) in [6.45, 7) is 3.35. The Labute approximate surface area is 91.2 Å². The van der Waals surface area contributed by atoms with E-state index in [0.29, 0.717) is 6.61 Å². The van der Waals surface area contributed by atoms with Gasteiger partial charge in [0.05, 0.1) is 19.3 Å². The molecule has 1 unspecified atom stereocenters. The Balaban J connectivity index is 2.64. The Morgan fingerprint density at radius 3 is 2.87 bits per heavy atom. The third-order valence-corrected chi connectivity index (χ3v) is 2.11. The van der Waals surface area contributed by atoms with Crippen molar-refractivity contribution in [1.29, 1.82) is 0 Å². The van der Waals surface area contributed by atoms with Crippen LogP contribution in [0.3, 0.4) is 0 Å². The molecule has 1 aromatic rings. The SMILES string of the molecule is CCCOc1cccc(C(N)COC)c1.